The third-order valence-corrected chi connectivity index (χ3v) is 5.50. The summed E-state index contributed by atoms with van der Waals surface area (Å²) in [5, 5.41) is 6.75. The highest BCUT2D eigenvalue weighted by molar-refractivity contribution is 14.0. The van der Waals surface area contributed by atoms with E-state index < -0.39 is 0 Å². The Balaban J connectivity index is 0.00000363. The second-order valence-corrected chi connectivity index (χ2v) is 8.36. The smallest absolute Gasteiger partial charge is 0.191 e. The Labute approximate surface area is 209 Å². The molecule has 0 aromatic heterocycles. The molecular weight excluding hydrogens is 515 g/mol. The van der Waals surface area contributed by atoms with Crippen LogP contribution in [0.2, 0.25) is 0 Å². The summed E-state index contributed by atoms with van der Waals surface area (Å²) in [7, 11) is 3.49. The maximum absolute atomic E-state index is 5.83. The predicted molar refractivity (Wildman–Crippen MR) is 142 cm³/mol. The molecule has 0 spiro atoms. The van der Waals surface area contributed by atoms with Crippen molar-refractivity contribution in [3.63, 3.8) is 0 Å². The van der Waals surface area contributed by atoms with Crippen LogP contribution in [0.4, 0.5) is 0 Å². The van der Waals surface area contributed by atoms with Crippen molar-refractivity contribution in [3.8, 4) is 5.75 Å². The molecule has 1 heterocycles. The van der Waals surface area contributed by atoms with Gasteiger partial charge < -0.3 is 20.1 Å². The maximum atomic E-state index is 5.83. The minimum atomic E-state index is 0. The molecule has 2 N–H and O–H groups in total. The van der Waals surface area contributed by atoms with Crippen molar-refractivity contribution >= 4 is 29.9 Å². The first-order valence-corrected chi connectivity index (χ1v) is 11.0. The first-order chi connectivity index (χ1) is 15.0. The number of aryl methyl sites for hydroxylation is 1. The maximum Gasteiger partial charge on any atom is 0.191 e. The second-order valence-electron chi connectivity index (χ2n) is 8.36. The van der Waals surface area contributed by atoms with E-state index in [4.69, 9.17) is 9.47 Å². The van der Waals surface area contributed by atoms with Crippen LogP contribution in [0.1, 0.15) is 36.1 Å². The third kappa shape index (κ3) is 7.94. The van der Waals surface area contributed by atoms with Gasteiger partial charge in [0.05, 0.1) is 19.3 Å². The first kappa shape index (κ1) is 26.4. The Kier molecular flexibility index (Phi) is 10.7. The van der Waals surface area contributed by atoms with Crippen LogP contribution in [0.25, 0.3) is 0 Å². The summed E-state index contributed by atoms with van der Waals surface area (Å²) in [6, 6.07) is 15.0. The molecule has 2 aromatic rings. The molecule has 176 valence electrons. The number of halogens is 1. The number of guanidine groups is 1. The number of methoxy groups -OCH3 is 1. The fourth-order valence-corrected chi connectivity index (χ4v) is 4.02. The van der Waals surface area contributed by atoms with Gasteiger partial charge in [0, 0.05) is 45.3 Å². The lowest BCUT2D eigenvalue weighted by atomic mass is 10.1. The van der Waals surface area contributed by atoms with Crippen molar-refractivity contribution in [2.75, 3.05) is 27.2 Å². The largest absolute Gasteiger partial charge is 0.496 e. The van der Waals surface area contributed by atoms with E-state index >= 15 is 0 Å². The van der Waals surface area contributed by atoms with E-state index in [1.54, 1.807) is 14.2 Å². The van der Waals surface area contributed by atoms with Gasteiger partial charge in [-0.25, -0.2) is 0 Å². The van der Waals surface area contributed by atoms with Gasteiger partial charge in [0.15, 0.2) is 5.96 Å². The topological polar surface area (TPSA) is 58.1 Å². The quantitative estimate of drug-likeness (QED) is 0.308. The van der Waals surface area contributed by atoms with Gasteiger partial charge in [-0.15, -0.1) is 24.0 Å². The lowest BCUT2D eigenvalue weighted by Crippen LogP contribution is -2.44. The molecule has 2 unspecified atom stereocenters. The number of nitrogens with one attached hydrogen (secondary N) is 2. The molecule has 0 bridgehead atoms. The lowest BCUT2D eigenvalue weighted by molar-refractivity contribution is -0.0704. The average molecular weight is 553 g/mol. The molecule has 1 aliphatic rings. The summed E-state index contributed by atoms with van der Waals surface area (Å²) in [4.78, 5) is 6.80. The fourth-order valence-electron chi connectivity index (χ4n) is 4.02. The van der Waals surface area contributed by atoms with E-state index in [1.807, 2.05) is 6.07 Å². The zero-order valence-electron chi connectivity index (χ0n) is 19.9. The van der Waals surface area contributed by atoms with Crippen LogP contribution >= 0.6 is 24.0 Å². The van der Waals surface area contributed by atoms with Gasteiger partial charge in [-0.1, -0.05) is 36.4 Å². The average Bonchev–Trinajstić information content (AvgIpc) is 2.75. The summed E-state index contributed by atoms with van der Waals surface area (Å²) in [5.74, 6) is 1.66. The molecule has 1 saturated heterocycles. The van der Waals surface area contributed by atoms with Crippen LogP contribution in [-0.2, 0) is 24.4 Å². The molecule has 0 amide bonds. The van der Waals surface area contributed by atoms with E-state index in [0.717, 1.165) is 43.5 Å². The molecule has 3 rings (SSSR count). The van der Waals surface area contributed by atoms with Gasteiger partial charge in [-0.2, -0.15) is 0 Å². The van der Waals surface area contributed by atoms with E-state index in [9.17, 15) is 0 Å². The zero-order chi connectivity index (χ0) is 22.2. The van der Waals surface area contributed by atoms with Gasteiger partial charge in [-0.05, 0) is 43.5 Å². The summed E-state index contributed by atoms with van der Waals surface area (Å²) >= 11 is 0. The molecule has 2 atom stereocenters. The molecular formula is C25H37IN4O2. The zero-order valence-corrected chi connectivity index (χ0v) is 22.2. The first-order valence-electron chi connectivity index (χ1n) is 11.0. The Hall–Kier alpha value is -1.84. The Morgan fingerprint density at radius 3 is 2.28 bits per heavy atom. The highest BCUT2D eigenvalue weighted by Gasteiger charge is 2.21. The van der Waals surface area contributed by atoms with Crippen molar-refractivity contribution in [3.05, 3.63) is 64.7 Å². The van der Waals surface area contributed by atoms with E-state index in [2.05, 4.69) is 77.7 Å². The predicted octanol–water partition coefficient (Wildman–Crippen LogP) is 4.10. The number of morpholine rings is 1. The highest BCUT2D eigenvalue weighted by Crippen LogP contribution is 2.19. The molecule has 1 fully saturated rings. The second kappa shape index (κ2) is 13.0. The normalized spacial score (nSPS) is 19.2. The number of hydrogen-bond acceptors (Lipinski definition) is 4. The minimum absolute atomic E-state index is 0. The van der Waals surface area contributed by atoms with Crippen molar-refractivity contribution in [2.45, 2.75) is 52.6 Å². The fraction of sp³-hybridized carbons (Fsp3) is 0.480. The number of ether oxygens (including phenoxy) is 2. The van der Waals surface area contributed by atoms with Gasteiger partial charge in [0.25, 0.3) is 0 Å². The van der Waals surface area contributed by atoms with Crippen LogP contribution in [-0.4, -0.2) is 50.3 Å². The van der Waals surface area contributed by atoms with Crippen molar-refractivity contribution in [2.24, 2.45) is 4.99 Å². The van der Waals surface area contributed by atoms with Crippen LogP contribution in [0.5, 0.6) is 5.75 Å². The number of hydrogen-bond donors (Lipinski definition) is 2. The third-order valence-electron chi connectivity index (χ3n) is 5.50. The van der Waals surface area contributed by atoms with Gasteiger partial charge in [0.1, 0.15) is 5.75 Å². The minimum Gasteiger partial charge on any atom is -0.496 e. The van der Waals surface area contributed by atoms with E-state index in [1.165, 1.54) is 16.7 Å². The van der Waals surface area contributed by atoms with Crippen LogP contribution in [0.3, 0.4) is 0 Å². The number of benzene rings is 2. The Morgan fingerprint density at radius 2 is 1.66 bits per heavy atom. The van der Waals surface area contributed by atoms with E-state index in [0.29, 0.717) is 18.8 Å². The Bertz CT molecular complexity index is 863. The lowest BCUT2D eigenvalue weighted by Gasteiger charge is -2.35. The number of aliphatic imine (C=N–C) groups is 1. The SMILES string of the molecule is CN=C(NCc1ccc(CN2CC(C)OC(C)C2)cc1)NCc1ccc(C)cc1OC.I. The van der Waals surface area contributed by atoms with Crippen LogP contribution in [0.15, 0.2) is 47.5 Å². The molecule has 0 radical (unpaired) electrons. The van der Waals surface area contributed by atoms with Crippen molar-refractivity contribution in [1.82, 2.24) is 15.5 Å². The van der Waals surface area contributed by atoms with E-state index in [-0.39, 0.29) is 24.0 Å². The monoisotopic (exact) mass is 552 g/mol. The number of nitrogens with zero attached hydrogens (tertiary/aromatic N) is 2. The molecule has 6 nitrogen and oxygen atoms in total. The summed E-state index contributed by atoms with van der Waals surface area (Å²) < 4.78 is 11.3. The molecule has 7 heteroatoms. The van der Waals surface area contributed by atoms with Crippen LogP contribution < -0.4 is 15.4 Å². The standard InChI is InChI=1S/C25H36N4O2.HI/c1-18-6-11-23(24(12-18)30-5)14-28-25(26-4)27-13-21-7-9-22(10-8-21)17-29-15-19(2)31-20(3)16-29;/h6-12,19-20H,13-17H2,1-5H3,(H2,26,27,28);1H. The van der Waals surface area contributed by atoms with Crippen molar-refractivity contribution in [1.29, 1.82) is 0 Å². The molecule has 0 saturated carbocycles. The van der Waals surface area contributed by atoms with Gasteiger partial charge in [-0.3, -0.25) is 9.89 Å². The van der Waals surface area contributed by atoms with Crippen molar-refractivity contribution < 1.29 is 9.47 Å². The van der Waals surface area contributed by atoms with Crippen LogP contribution in [0, 0.1) is 6.92 Å². The van der Waals surface area contributed by atoms with Gasteiger partial charge in [0.2, 0.25) is 0 Å². The summed E-state index contributed by atoms with van der Waals surface area (Å²) in [6.07, 6.45) is 0.595. The summed E-state index contributed by atoms with van der Waals surface area (Å²) in [6.45, 7) is 10.7. The molecule has 0 aliphatic carbocycles. The molecule has 32 heavy (non-hydrogen) atoms. The molecule has 1 aliphatic heterocycles. The molecule has 2 aromatic carbocycles. The Morgan fingerprint density at radius 1 is 1.03 bits per heavy atom. The highest BCUT2D eigenvalue weighted by atomic mass is 127. The van der Waals surface area contributed by atoms with Gasteiger partial charge >= 0.3 is 0 Å². The summed E-state index contributed by atoms with van der Waals surface area (Å²) in [5.41, 5.74) is 4.85. The number of rotatable bonds is 7.